The molecule has 0 aliphatic heterocycles. The van der Waals surface area contributed by atoms with Crippen molar-refractivity contribution >= 4 is 32.8 Å². The highest BCUT2D eigenvalue weighted by molar-refractivity contribution is 7.90. The van der Waals surface area contributed by atoms with E-state index in [0.29, 0.717) is 5.69 Å². The van der Waals surface area contributed by atoms with Gasteiger partial charge in [-0.15, -0.1) is 0 Å². The van der Waals surface area contributed by atoms with E-state index in [0.717, 1.165) is 18.4 Å². The van der Waals surface area contributed by atoms with Gasteiger partial charge in [0.1, 0.15) is 11.6 Å². The second-order valence-corrected chi connectivity index (χ2v) is 6.62. The van der Waals surface area contributed by atoms with Crippen molar-refractivity contribution in [3.05, 3.63) is 47.2 Å². The van der Waals surface area contributed by atoms with Gasteiger partial charge in [-0.05, 0) is 30.3 Å². The number of hydrogen-bond acceptors (Lipinski definition) is 4. The first-order chi connectivity index (χ1) is 9.27. The summed E-state index contributed by atoms with van der Waals surface area (Å²) in [6.07, 6.45) is 1.07. The van der Waals surface area contributed by atoms with E-state index in [1.54, 1.807) is 0 Å². The van der Waals surface area contributed by atoms with Crippen molar-refractivity contribution in [2.45, 2.75) is 4.90 Å². The highest BCUT2D eigenvalue weighted by atomic mass is 35.5. The average Bonchev–Trinajstić information content (AvgIpc) is 2.35. The molecule has 0 radical (unpaired) electrons. The quantitative estimate of drug-likeness (QED) is 0.853. The zero-order chi connectivity index (χ0) is 14.9. The summed E-state index contributed by atoms with van der Waals surface area (Å²) < 4.78 is 35.9. The average molecular weight is 316 g/mol. The van der Waals surface area contributed by atoms with Gasteiger partial charge < -0.3 is 10.4 Å². The van der Waals surface area contributed by atoms with Crippen LogP contribution in [0.2, 0.25) is 5.02 Å². The van der Waals surface area contributed by atoms with Crippen LogP contribution in [-0.4, -0.2) is 19.8 Å². The standard InChI is InChI=1S/C13H11ClFNO3S/c1-20(18,19)9-3-4-11(10(14)7-9)16-12-6-8(15)2-5-13(12)17/h2-7,16-17H,1H3. The smallest absolute Gasteiger partial charge is 0.175 e. The summed E-state index contributed by atoms with van der Waals surface area (Å²) in [7, 11) is -3.35. The van der Waals surface area contributed by atoms with Gasteiger partial charge in [0.15, 0.2) is 9.84 Å². The Kier molecular flexibility index (Phi) is 3.87. The monoisotopic (exact) mass is 315 g/mol. The van der Waals surface area contributed by atoms with E-state index in [2.05, 4.69) is 5.32 Å². The third kappa shape index (κ3) is 3.20. The summed E-state index contributed by atoms with van der Waals surface area (Å²) in [4.78, 5) is 0.0801. The lowest BCUT2D eigenvalue weighted by Crippen LogP contribution is -1.98. The van der Waals surface area contributed by atoms with Crippen LogP contribution in [-0.2, 0) is 9.84 Å². The van der Waals surface area contributed by atoms with Crippen molar-refractivity contribution < 1.29 is 17.9 Å². The van der Waals surface area contributed by atoms with Crippen LogP contribution in [0.5, 0.6) is 5.75 Å². The normalized spacial score (nSPS) is 11.3. The van der Waals surface area contributed by atoms with Gasteiger partial charge in [0.2, 0.25) is 0 Å². The lowest BCUT2D eigenvalue weighted by atomic mass is 10.2. The molecule has 0 fully saturated rings. The zero-order valence-corrected chi connectivity index (χ0v) is 12.0. The maximum absolute atomic E-state index is 13.1. The molecule has 0 spiro atoms. The lowest BCUT2D eigenvalue weighted by molar-refractivity contribution is 0.475. The van der Waals surface area contributed by atoms with E-state index in [9.17, 15) is 17.9 Å². The van der Waals surface area contributed by atoms with Crippen LogP contribution in [0.3, 0.4) is 0 Å². The Hall–Kier alpha value is -1.79. The summed E-state index contributed by atoms with van der Waals surface area (Å²) in [6.45, 7) is 0. The van der Waals surface area contributed by atoms with Crippen LogP contribution in [0.1, 0.15) is 0 Å². The number of phenolic OH excluding ortho intramolecular Hbond substituents is 1. The molecule has 4 nitrogen and oxygen atoms in total. The number of aromatic hydroxyl groups is 1. The molecule has 20 heavy (non-hydrogen) atoms. The maximum atomic E-state index is 13.1. The number of phenols is 1. The summed E-state index contributed by atoms with van der Waals surface area (Å²) in [5.74, 6) is -0.663. The van der Waals surface area contributed by atoms with Crippen molar-refractivity contribution in [3.63, 3.8) is 0 Å². The van der Waals surface area contributed by atoms with Crippen LogP contribution in [0.15, 0.2) is 41.3 Å². The summed E-state index contributed by atoms with van der Waals surface area (Å²) in [6, 6.07) is 7.54. The van der Waals surface area contributed by atoms with Crippen LogP contribution in [0.25, 0.3) is 0 Å². The molecule has 0 amide bonds. The first-order valence-electron chi connectivity index (χ1n) is 5.52. The van der Waals surface area contributed by atoms with Gasteiger partial charge in [0.05, 0.1) is 21.3 Å². The largest absolute Gasteiger partial charge is 0.506 e. The summed E-state index contributed by atoms with van der Waals surface area (Å²) >= 11 is 5.98. The molecular formula is C13H11ClFNO3S. The van der Waals surface area contributed by atoms with Gasteiger partial charge in [0, 0.05) is 12.3 Å². The van der Waals surface area contributed by atoms with Crippen molar-refractivity contribution in [1.82, 2.24) is 0 Å². The highest BCUT2D eigenvalue weighted by Crippen LogP contribution is 2.32. The molecule has 0 aliphatic carbocycles. The van der Waals surface area contributed by atoms with E-state index in [-0.39, 0.29) is 21.4 Å². The second kappa shape index (κ2) is 5.30. The number of sulfone groups is 1. The Morgan fingerprint density at radius 2 is 1.85 bits per heavy atom. The number of hydrogen-bond donors (Lipinski definition) is 2. The fourth-order valence-electron chi connectivity index (χ4n) is 1.58. The minimum absolute atomic E-state index is 0.0801. The lowest BCUT2D eigenvalue weighted by Gasteiger charge is -2.11. The molecule has 2 rings (SSSR count). The van der Waals surface area contributed by atoms with Gasteiger partial charge in [-0.25, -0.2) is 12.8 Å². The molecule has 0 aliphatic rings. The molecule has 0 aromatic heterocycles. The van der Waals surface area contributed by atoms with Crippen molar-refractivity contribution in [3.8, 4) is 5.75 Å². The fourth-order valence-corrected chi connectivity index (χ4v) is 2.52. The first kappa shape index (κ1) is 14.6. The van der Waals surface area contributed by atoms with Crippen molar-refractivity contribution in [2.75, 3.05) is 11.6 Å². The number of nitrogens with one attached hydrogen (secondary N) is 1. The van der Waals surface area contributed by atoms with Crippen molar-refractivity contribution in [1.29, 1.82) is 0 Å². The molecule has 0 saturated carbocycles. The molecular weight excluding hydrogens is 305 g/mol. The predicted molar refractivity (Wildman–Crippen MR) is 75.9 cm³/mol. The predicted octanol–water partition coefficient (Wildman–Crippen LogP) is 3.33. The Labute approximate surface area is 120 Å². The number of halogens is 2. The molecule has 0 saturated heterocycles. The molecule has 2 aromatic carbocycles. The first-order valence-corrected chi connectivity index (χ1v) is 7.79. The zero-order valence-electron chi connectivity index (χ0n) is 10.4. The molecule has 0 bridgehead atoms. The molecule has 2 aromatic rings. The summed E-state index contributed by atoms with van der Waals surface area (Å²) in [5, 5.41) is 12.5. The van der Waals surface area contributed by atoms with Gasteiger partial charge in [-0.2, -0.15) is 0 Å². The van der Waals surface area contributed by atoms with Gasteiger partial charge in [-0.3, -0.25) is 0 Å². The van der Waals surface area contributed by atoms with E-state index < -0.39 is 15.7 Å². The van der Waals surface area contributed by atoms with Gasteiger partial charge >= 0.3 is 0 Å². The Bertz CT molecular complexity index is 762. The highest BCUT2D eigenvalue weighted by Gasteiger charge is 2.11. The minimum Gasteiger partial charge on any atom is -0.506 e. The van der Waals surface area contributed by atoms with E-state index >= 15 is 0 Å². The Morgan fingerprint density at radius 1 is 1.15 bits per heavy atom. The molecule has 0 unspecified atom stereocenters. The van der Waals surface area contributed by atoms with Crippen LogP contribution < -0.4 is 5.32 Å². The van der Waals surface area contributed by atoms with Crippen LogP contribution in [0, 0.1) is 5.82 Å². The Morgan fingerprint density at radius 3 is 2.45 bits per heavy atom. The SMILES string of the molecule is CS(=O)(=O)c1ccc(Nc2cc(F)ccc2O)c(Cl)c1. The second-order valence-electron chi connectivity index (χ2n) is 4.20. The molecule has 106 valence electrons. The third-order valence-corrected chi connectivity index (χ3v) is 4.02. The Balaban J connectivity index is 2.38. The van der Waals surface area contributed by atoms with Gasteiger partial charge in [0.25, 0.3) is 0 Å². The maximum Gasteiger partial charge on any atom is 0.175 e. The van der Waals surface area contributed by atoms with Crippen molar-refractivity contribution in [2.24, 2.45) is 0 Å². The summed E-state index contributed by atoms with van der Waals surface area (Å²) in [5.41, 5.74) is 0.499. The third-order valence-electron chi connectivity index (χ3n) is 2.60. The molecule has 2 N–H and O–H groups in total. The number of benzene rings is 2. The van der Waals surface area contributed by atoms with E-state index in [1.807, 2.05) is 0 Å². The topological polar surface area (TPSA) is 66.4 Å². The molecule has 0 heterocycles. The molecule has 0 atom stereocenters. The number of anilines is 2. The number of rotatable bonds is 3. The minimum atomic E-state index is -3.35. The van der Waals surface area contributed by atoms with E-state index in [4.69, 9.17) is 11.6 Å². The van der Waals surface area contributed by atoms with E-state index in [1.165, 1.54) is 24.3 Å². The molecule has 7 heteroatoms. The van der Waals surface area contributed by atoms with Crippen LogP contribution >= 0.6 is 11.6 Å². The van der Waals surface area contributed by atoms with Gasteiger partial charge in [-0.1, -0.05) is 11.6 Å². The fraction of sp³-hybridized carbons (Fsp3) is 0.0769. The van der Waals surface area contributed by atoms with Crippen LogP contribution in [0.4, 0.5) is 15.8 Å².